The van der Waals surface area contributed by atoms with Crippen LogP contribution < -0.4 is 10.2 Å². The van der Waals surface area contributed by atoms with Crippen LogP contribution in [0.25, 0.3) is 0 Å². The number of carbonyl (C=O) groups is 3. The fraction of sp³-hybridized carbons (Fsp3) is 0.429. The summed E-state index contributed by atoms with van der Waals surface area (Å²) in [6.07, 6.45) is -2.66. The number of rotatable bonds is 3. The van der Waals surface area contributed by atoms with Gasteiger partial charge in [0.15, 0.2) is 0 Å². The zero-order valence-electron chi connectivity index (χ0n) is 18.5. The molecule has 1 aromatic carbocycles. The highest BCUT2D eigenvalue weighted by Gasteiger charge is 2.46. The number of nitrogens with one attached hydrogen (secondary N) is 1. The van der Waals surface area contributed by atoms with Crippen LogP contribution in [0.3, 0.4) is 0 Å². The van der Waals surface area contributed by atoms with E-state index in [0.29, 0.717) is 10.4 Å². The van der Waals surface area contributed by atoms with E-state index < -0.39 is 29.4 Å². The van der Waals surface area contributed by atoms with Crippen LogP contribution in [0.4, 0.5) is 25.5 Å². The third-order valence-electron chi connectivity index (χ3n) is 6.26. The highest BCUT2D eigenvalue weighted by atomic mass is 19.1. The Morgan fingerprint density at radius 3 is 2.33 bits per heavy atom. The van der Waals surface area contributed by atoms with Gasteiger partial charge >= 0.3 is 12.2 Å². The van der Waals surface area contributed by atoms with Crippen molar-refractivity contribution in [1.29, 1.82) is 0 Å². The lowest BCUT2D eigenvalue weighted by molar-refractivity contribution is 0.0974. The number of piperazine rings is 1. The molecule has 3 N–H and O–H groups in total. The summed E-state index contributed by atoms with van der Waals surface area (Å²) in [5, 5.41) is 25.5. The van der Waals surface area contributed by atoms with Gasteiger partial charge in [-0.25, -0.2) is 14.0 Å². The number of carboxylic acid groups (broad SMARTS) is 2. The van der Waals surface area contributed by atoms with E-state index in [9.17, 15) is 29.0 Å². The highest BCUT2D eigenvalue weighted by Crippen LogP contribution is 2.41. The molecule has 0 spiro atoms. The molecule has 11 nitrogen and oxygen atoms in total. The van der Waals surface area contributed by atoms with E-state index in [-0.39, 0.29) is 29.2 Å². The van der Waals surface area contributed by atoms with Crippen molar-refractivity contribution in [3.8, 4) is 0 Å². The van der Waals surface area contributed by atoms with Gasteiger partial charge in [-0.1, -0.05) is 0 Å². The fourth-order valence-corrected chi connectivity index (χ4v) is 4.27. The molecule has 0 saturated carbocycles. The second-order valence-corrected chi connectivity index (χ2v) is 8.71. The number of hydrogen-bond acceptors (Lipinski definition) is 6. The molecule has 33 heavy (non-hydrogen) atoms. The van der Waals surface area contributed by atoms with E-state index in [1.54, 1.807) is 19.9 Å². The maximum absolute atomic E-state index is 14.9. The molecular formula is C21H25FN6O5. The first-order valence-corrected chi connectivity index (χ1v) is 10.4. The third-order valence-corrected chi connectivity index (χ3v) is 6.26. The second-order valence-electron chi connectivity index (χ2n) is 8.71. The zero-order chi connectivity index (χ0) is 24.1. The molecule has 0 atom stereocenters. The van der Waals surface area contributed by atoms with Gasteiger partial charge in [-0.2, -0.15) is 5.10 Å². The van der Waals surface area contributed by atoms with Gasteiger partial charge in [0.25, 0.3) is 5.91 Å². The summed E-state index contributed by atoms with van der Waals surface area (Å²) >= 11 is 0. The Morgan fingerprint density at radius 2 is 1.76 bits per heavy atom. The van der Waals surface area contributed by atoms with Gasteiger partial charge in [-0.15, -0.1) is 4.68 Å². The molecule has 2 aliphatic rings. The Kier molecular flexibility index (Phi) is 5.48. The first kappa shape index (κ1) is 22.5. The summed E-state index contributed by atoms with van der Waals surface area (Å²) in [4.78, 5) is 41.5. The molecular weight excluding hydrogens is 435 g/mol. The van der Waals surface area contributed by atoms with Crippen LogP contribution in [-0.2, 0) is 12.1 Å². The minimum atomic E-state index is -1.46. The minimum Gasteiger partial charge on any atom is -0.465 e. The number of likely N-dealkylation sites (N-methyl/N-ethyl adjacent to an activating group) is 1. The zero-order valence-corrected chi connectivity index (χ0v) is 18.5. The second kappa shape index (κ2) is 8.03. The van der Waals surface area contributed by atoms with Crippen molar-refractivity contribution in [3.05, 3.63) is 40.8 Å². The molecule has 2 aliphatic heterocycles. The van der Waals surface area contributed by atoms with E-state index in [2.05, 4.69) is 15.3 Å². The van der Waals surface area contributed by atoms with Gasteiger partial charge < -0.3 is 25.3 Å². The molecule has 2 amide bonds. The SMILES string of the molecule is CN1CCN(c2ccc(C(=O)Nc3c4c(nn3C(=O)O)C(C)(C)N(C(=O)O)C4)c(F)c2)CC1. The van der Waals surface area contributed by atoms with Crippen LogP contribution in [0.15, 0.2) is 18.2 Å². The topological polar surface area (TPSA) is 131 Å². The van der Waals surface area contributed by atoms with Gasteiger partial charge in [0, 0.05) is 37.4 Å². The van der Waals surface area contributed by atoms with Crippen molar-refractivity contribution in [2.45, 2.75) is 25.9 Å². The monoisotopic (exact) mass is 460 g/mol. The number of carbonyl (C=O) groups excluding carboxylic acids is 1. The van der Waals surface area contributed by atoms with Crippen LogP contribution in [0.1, 0.15) is 35.5 Å². The summed E-state index contributed by atoms with van der Waals surface area (Å²) in [7, 11) is 2.01. The molecule has 1 fully saturated rings. The molecule has 176 valence electrons. The van der Waals surface area contributed by atoms with Crippen molar-refractivity contribution in [2.24, 2.45) is 0 Å². The first-order chi connectivity index (χ1) is 15.5. The maximum Gasteiger partial charge on any atom is 0.434 e. The van der Waals surface area contributed by atoms with Crippen molar-refractivity contribution >= 4 is 29.6 Å². The molecule has 0 radical (unpaired) electrons. The maximum atomic E-state index is 14.9. The number of anilines is 2. The van der Waals surface area contributed by atoms with Crippen molar-refractivity contribution in [3.63, 3.8) is 0 Å². The average Bonchev–Trinajstić information content (AvgIpc) is 3.23. The number of fused-ring (bicyclic) bond motifs is 1. The molecule has 2 aromatic rings. The number of nitrogens with zero attached hydrogens (tertiary/aromatic N) is 5. The molecule has 1 saturated heterocycles. The van der Waals surface area contributed by atoms with Crippen LogP contribution in [-0.4, -0.2) is 81.1 Å². The van der Waals surface area contributed by atoms with Gasteiger partial charge in [-0.05, 0) is 39.1 Å². The Hall–Kier alpha value is -3.67. The van der Waals surface area contributed by atoms with E-state index in [0.717, 1.165) is 31.1 Å². The molecule has 0 bridgehead atoms. The quantitative estimate of drug-likeness (QED) is 0.636. The summed E-state index contributed by atoms with van der Waals surface area (Å²) < 4.78 is 15.4. The smallest absolute Gasteiger partial charge is 0.434 e. The van der Waals surface area contributed by atoms with Crippen LogP contribution in [0.2, 0.25) is 0 Å². The van der Waals surface area contributed by atoms with Gasteiger partial charge in [0.05, 0.1) is 23.3 Å². The number of aromatic nitrogens is 2. The van der Waals surface area contributed by atoms with Gasteiger partial charge in [0.1, 0.15) is 11.6 Å². The molecule has 0 unspecified atom stereocenters. The fourth-order valence-electron chi connectivity index (χ4n) is 4.27. The first-order valence-electron chi connectivity index (χ1n) is 10.4. The van der Waals surface area contributed by atoms with Crippen molar-refractivity contribution < 1.29 is 29.0 Å². The normalized spacial score (nSPS) is 17.7. The van der Waals surface area contributed by atoms with E-state index in [4.69, 9.17) is 0 Å². The number of hydrogen-bond donors (Lipinski definition) is 3. The summed E-state index contributed by atoms with van der Waals surface area (Å²) in [6.45, 7) is 6.19. The number of amides is 2. The van der Waals surface area contributed by atoms with Crippen LogP contribution in [0.5, 0.6) is 0 Å². The predicted molar refractivity (Wildman–Crippen MR) is 116 cm³/mol. The third kappa shape index (κ3) is 3.86. The number of benzene rings is 1. The van der Waals surface area contributed by atoms with E-state index in [1.165, 1.54) is 12.1 Å². The Labute approximate surface area is 189 Å². The minimum absolute atomic E-state index is 0.161. The molecule has 3 heterocycles. The molecule has 4 rings (SSSR count). The number of halogens is 1. The summed E-state index contributed by atoms with van der Waals surface area (Å²) in [6, 6.07) is 4.29. The van der Waals surface area contributed by atoms with E-state index in [1.807, 2.05) is 11.9 Å². The highest BCUT2D eigenvalue weighted by molar-refractivity contribution is 6.05. The lowest BCUT2D eigenvalue weighted by Gasteiger charge is -2.34. The summed E-state index contributed by atoms with van der Waals surface area (Å²) in [5.74, 6) is -1.79. The summed E-state index contributed by atoms with van der Waals surface area (Å²) in [5.41, 5.74) is -0.225. The average molecular weight is 460 g/mol. The molecule has 12 heteroatoms. The molecule has 1 aromatic heterocycles. The van der Waals surface area contributed by atoms with Crippen molar-refractivity contribution in [2.75, 3.05) is 43.4 Å². The Bertz CT molecular complexity index is 1140. The standard InChI is InChI=1S/C21H25FN6O5/c1-21(2)16-14(11-27(21)19(30)31)17(28(24-16)20(32)33)23-18(29)13-5-4-12(10-15(13)22)26-8-6-25(3)7-9-26/h4-5,10H,6-9,11H2,1-3H3,(H,23,29)(H,30,31)(H,32,33). The van der Waals surface area contributed by atoms with Gasteiger partial charge in [0.2, 0.25) is 0 Å². The van der Waals surface area contributed by atoms with E-state index >= 15 is 0 Å². The predicted octanol–water partition coefficient (Wildman–Crippen LogP) is 2.28. The van der Waals surface area contributed by atoms with Crippen molar-refractivity contribution in [1.82, 2.24) is 19.6 Å². The lowest BCUT2D eigenvalue weighted by Crippen LogP contribution is -2.44. The largest absolute Gasteiger partial charge is 0.465 e. The van der Waals surface area contributed by atoms with Crippen LogP contribution >= 0.6 is 0 Å². The Balaban J connectivity index is 1.62. The van der Waals surface area contributed by atoms with Gasteiger partial charge in [-0.3, -0.25) is 9.69 Å². The van der Waals surface area contributed by atoms with Crippen LogP contribution in [0, 0.1) is 5.82 Å². The molecule has 0 aliphatic carbocycles. The Morgan fingerprint density at radius 1 is 1.09 bits per heavy atom. The lowest BCUT2D eigenvalue weighted by atomic mass is 10.0.